The Kier molecular flexibility index (Phi) is 2.91. The molecule has 14 heavy (non-hydrogen) atoms. The molecule has 0 saturated heterocycles. The summed E-state index contributed by atoms with van der Waals surface area (Å²) in [5, 5.41) is 7.68. The van der Waals surface area contributed by atoms with Crippen molar-refractivity contribution >= 4 is 11.4 Å². The second-order valence-corrected chi connectivity index (χ2v) is 3.30. The number of nitrogen functional groups attached to an aromatic ring is 1. The number of nitrogens with two attached hydrogens (primary N) is 2. The fraction of sp³-hybridized carbons (Fsp3) is 0.333. The lowest BCUT2D eigenvalue weighted by Crippen LogP contribution is -2.28. The van der Waals surface area contributed by atoms with E-state index in [2.05, 4.69) is 16.8 Å². The van der Waals surface area contributed by atoms with E-state index in [0.29, 0.717) is 11.2 Å². The first-order valence-corrected chi connectivity index (χ1v) is 4.34. The van der Waals surface area contributed by atoms with Crippen LogP contribution in [0.4, 0.5) is 5.69 Å². The molecule has 0 aliphatic rings. The number of rotatable bonds is 2. The summed E-state index contributed by atoms with van der Waals surface area (Å²) in [7, 11) is 0. The van der Waals surface area contributed by atoms with Crippen LogP contribution in [0.15, 0.2) is 23.9 Å². The number of hydrogen-bond acceptors (Lipinski definition) is 4. The highest BCUT2D eigenvalue weighted by Crippen LogP contribution is 2.09. The molecular formula is C9H15N5. The van der Waals surface area contributed by atoms with Crippen molar-refractivity contribution in [1.82, 2.24) is 9.78 Å². The highest BCUT2D eigenvalue weighted by atomic mass is 15.3. The lowest BCUT2D eigenvalue weighted by atomic mass is 10.1. The van der Waals surface area contributed by atoms with Gasteiger partial charge in [0.05, 0.1) is 11.9 Å². The van der Waals surface area contributed by atoms with Crippen LogP contribution in [-0.2, 0) is 0 Å². The summed E-state index contributed by atoms with van der Waals surface area (Å²) in [5.41, 5.74) is 7.43. The van der Waals surface area contributed by atoms with Crippen LogP contribution in [0, 0.1) is 5.92 Å². The fourth-order valence-corrected chi connectivity index (χ4v) is 1.02. The van der Waals surface area contributed by atoms with Gasteiger partial charge in [0.25, 0.3) is 0 Å². The molecule has 0 fully saturated rings. The third-order valence-corrected chi connectivity index (χ3v) is 1.96. The normalized spacial score (nSPS) is 12.1. The number of anilines is 1. The van der Waals surface area contributed by atoms with Gasteiger partial charge in [-0.3, -0.25) is 0 Å². The number of aromatic nitrogens is 2. The molecule has 0 unspecified atom stereocenters. The lowest BCUT2D eigenvalue weighted by molar-refractivity contribution is 0.702. The standard InChI is InChI=1S/C9H15N5/c1-6(2)7(3)14-9(13-11)8(10)4-5-12-14/h4-6H,3,10-11H2,1-2H3/b13-9-. The molecule has 0 amide bonds. The summed E-state index contributed by atoms with van der Waals surface area (Å²) in [4.78, 5) is 0. The molecule has 5 nitrogen and oxygen atoms in total. The summed E-state index contributed by atoms with van der Waals surface area (Å²) in [6.07, 6.45) is 1.59. The van der Waals surface area contributed by atoms with Gasteiger partial charge in [-0.25, -0.2) is 4.68 Å². The minimum Gasteiger partial charge on any atom is -0.396 e. The van der Waals surface area contributed by atoms with Crippen molar-refractivity contribution in [3.05, 3.63) is 24.3 Å². The molecule has 0 bridgehead atoms. The smallest absolute Gasteiger partial charge is 0.196 e. The Morgan fingerprint density at radius 1 is 1.64 bits per heavy atom. The van der Waals surface area contributed by atoms with Gasteiger partial charge in [-0.1, -0.05) is 20.4 Å². The van der Waals surface area contributed by atoms with E-state index >= 15 is 0 Å². The summed E-state index contributed by atoms with van der Waals surface area (Å²) >= 11 is 0. The first-order valence-electron chi connectivity index (χ1n) is 4.34. The van der Waals surface area contributed by atoms with E-state index in [1.54, 1.807) is 16.9 Å². The van der Waals surface area contributed by atoms with Crippen LogP contribution in [0.2, 0.25) is 0 Å². The van der Waals surface area contributed by atoms with Crippen molar-refractivity contribution < 1.29 is 0 Å². The lowest BCUT2D eigenvalue weighted by Gasteiger charge is -2.12. The summed E-state index contributed by atoms with van der Waals surface area (Å²) < 4.78 is 1.56. The summed E-state index contributed by atoms with van der Waals surface area (Å²) in [5.74, 6) is 5.49. The minimum atomic E-state index is 0.259. The van der Waals surface area contributed by atoms with Crippen molar-refractivity contribution in [3.8, 4) is 0 Å². The Balaban J connectivity index is 3.36. The zero-order chi connectivity index (χ0) is 10.7. The average Bonchev–Trinajstić information content (AvgIpc) is 2.16. The van der Waals surface area contributed by atoms with Gasteiger partial charge >= 0.3 is 0 Å². The van der Waals surface area contributed by atoms with Crippen LogP contribution in [0.25, 0.3) is 5.70 Å². The number of hydrogen-bond donors (Lipinski definition) is 2. The monoisotopic (exact) mass is 193 g/mol. The van der Waals surface area contributed by atoms with Crippen LogP contribution < -0.4 is 17.1 Å². The van der Waals surface area contributed by atoms with Crippen LogP contribution in [0.1, 0.15) is 13.8 Å². The van der Waals surface area contributed by atoms with Gasteiger partial charge in [-0.2, -0.15) is 10.2 Å². The Morgan fingerprint density at radius 3 is 2.79 bits per heavy atom. The van der Waals surface area contributed by atoms with Crippen LogP contribution in [0.5, 0.6) is 0 Å². The van der Waals surface area contributed by atoms with Crippen molar-refractivity contribution in [2.45, 2.75) is 13.8 Å². The maximum atomic E-state index is 5.69. The fourth-order valence-electron chi connectivity index (χ4n) is 1.02. The van der Waals surface area contributed by atoms with Gasteiger partial charge < -0.3 is 11.6 Å². The Hall–Kier alpha value is -1.78. The summed E-state index contributed by atoms with van der Waals surface area (Å²) in [6.45, 7) is 7.93. The van der Waals surface area contributed by atoms with Gasteiger partial charge in [0, 0.05) is 5.70 Å². The number of nitrogens with zero attached hydrogens (tertiary/aromatic N) is 3. The van der Waals surface area contributed by atoms with Crippen LogP contribution >= 0.6 is 0 Å². The molecular weight excluding hydrogens is 178 g/mol. The molecule has 0 radical (unpaired) electrons. The first-order chi connectivity index (χ1) is 6.57. The Morgan fingerprint density at radius 2 is 2.29 bits per heavy atom. The van der Waals surface area contributed by atoms with Crippen LogP contribution in [-0.4, -0.2) is 9.78 Å². The van der Waals surface area contributed by atoms with Crippen molar-refractivity contribution in [1.29, 1.82) is 0 Å². The molecule has 4 N–H and O–H groups in total. The van der Waals surface area contributed by atoms with E-state index in [-0.39, 0.29) is 5.92 Å². The Labute approximate surface area is 82.7 Å². The average molecular weight is 193 g/mol. The molecule has 76 valence electrons. The largest absolute Gasteiger partial charge is 0.396 e. The molecule has 0 aliphatic heterocycles. The van der Waals surface area contributed by atoms with Gasteiger partial charge in [0.2, 0.25) is 0 Å². The Bertz CT molecular complexity index is 402. The van der Waals surface area contributed by atoms with E-state index < -0.39 is 0 Å². The van der Waals surface area contributed by atoms with Gasteiger partial charge in [0.15, 0.2) is 5.49 Å². The predicted molar refractivity (Wildman–Crippen MR) is 56.6 cm³/mol. The molecule has 0 aliphatic carbocycles. The molecule has 0 saturated carbocycles. The van der Waals surface area contributed by atoms with Crippen LogP contribution in [0.3, 0.4) is 0 Å². The van der Waals surface area contributed by atoms with Gasteiger partial charge in [-0.15, -0.1) is 0 Å². The summed E-state index contributed by atoms with van der Waals surface area (Å²) in [6, 6.07) is 1.65. The second-order valence-electron chi connectivity index (χ2n) is 3.30. The van der Waals surface area contributed by atoms with Gasteiger partial charge in [0.1, 0.15) is 0 Å². The SMILES string of the molecule is C=C(C(C)C)n1nccc(N)/c1=N/N. The van der Waals surface area contributed by atoms with Crippen molar-refractivity contribution in [3.63, 3.8) is 0 Å². The predicted octanol–water partition coefficient (Wildman–Crippen LogP) is 0.366. The second kappa shape index (κ2) is 3.95. The quantitative estimate of drug-likeness (QED) is 0.525. The van der Waals surface area contributed by atoms with E-state index in [0.717, 1.165) is 5.70 Å². The van der Waals surface area contributed by atoms with E-state index in [1.807, 2.05) is 13.8 Å². The highest BCUT2D eigenvalue weighted by molar-refractivity contribution is 5.44. The molecule has 0 spiro atoms. The zero-order valence-electron chi connectivity index (χ0n) is 8.44. The first kappa shape index (κ1) is 10.3. The van der Waals surface area contributed by atoms with Crippen molar-refractivity contribution in [2.75, 3.05) is 5.73 Å². The molecule has 1 aromatic rings. The van der Waals surface area contributed by atoms with E-state index in [1.165, 1.54) is 0 Å². The molecule has 0 aromatic carbocycles. The molecule has 1 heterocycles. The zero-order valence-corrected chi connectivity index (χ0v) is 8.44. The maximum Gasteiger partial charge on any atom is 0.196 e. The van der Waals surface area contributed by atoms with E-state index in [9.17, 15) is 0 Å². The third-order valence-electron chi connectivity index (χ3n) is 1.96. The third kappa shape index (κ3) is 1.76. The molecule has 0 atom stereocenters. The molecule has 5 heteroatoms. The topological polar surface area (TPSA) is 82.2 Å². The molecule has 1 aromatic heterocycles. The van der Waals surface area contributed by atoms with Crippen molar-refractivity contribution in [2.24, 2.45) is 16.9 Å². The van der Waals surface area contributed by atoms with Gasteiger partial charge in [-0.05, 0) is 12.0 Å². The highest BCUT2D eigenvalue weighted by Gasteiger charge is 2.06. The minimum absolute atomic E-state index is 0.259. The number of allylic oxidation sites excluding steroid dienone is 1. The molecule has 1 rings (SSSR count). The van der Waals surface area contributed by atoms with E-state index in [4.69, 9.17) is 11.6 Å². The maximum absolute atomic E-state index is 5.69.